The molecule has 11 heteroatoms. The van der Waals surface area contributed by atoms with Crippen molar-refractivity contribution in [3.05, 3.63) is 29.8 Å². The summed E-state index contributed by atoms with van der Waals surface area (Å²) in [5.74, 6) is -2.46. The van der Waals surface area contributed by atoms with Gasteiger partial charge in [-0.1, -0.05) is 52.9 Å². The Morgan fingerprint density at radius 1 is 1.05 bits per heavy atom. The molecule has 1 aliphatic carbocycles. The second kappa shape index (κ2) is 15.2. The minimum atomic E-state index is -1.26. The highest BCUT2D eigenvalue weighted by molar-refractivity contribution is 6.02. The molecular formula is C32H49N5O6. The summed E-state index contributed by atoms with van der Waals surface area (Å²) in [5, 5.41) is 17.9. The van der Waals surface area contributed by atoms with Gasteiger partial charge in [0.2, 0.25) is 11.8 Å². The number of rotatable bonds is 16. The number of urea groups is 1. The predicted octanol–water partition coefficient (Wildman–Crippen LogP) is 3.57. The molecule has 4 amide bonds. The van der Waals surface area contributed by atoms with Crippen molar-refractivity contribution in [2.75, 3.05) is 32.1 Å². The number of aliphatic carboxylic acids is 1. The smallest absolute Gasteiger partial charge is 0.329 e. The summed E-state index contributed by atoms with van der Waals surface area (Å²) >= 11 is 0. The first-order chi connectivity index (χ1) is 20.4. The Morgan fingerprint density at radius 2 is 1.72 bits per heavy atom. The van der Waals surface area contributed by atoms with Gasteiger partial charge in [-0.15, -0.1) is 0 Å². The fourth-order valence-corrected chi connectivity index (χ4v) is 5.87. The highest BCUT2D eigenvalue weighted by atomic mass is 16.4. The van der Waals surface area contributed by atoms with E-state index in [4.69, 9.17) is 0 Å². The topological polar surface area (TPSA) is 148 Å². The van der Waals surface area contributed by atoms with E-state index >= 15 is 0 Å². The Kier molecular flexibility index (Phi) is 12.0. The van der Waals surface area contributed by atoms with E-state index in [1.807, 2.05) is 45.0 Å². The number of carbonyl (C=O) groups excluding carboxylic acids is 4. The van der Waals surface area contributed by atoms with Crippen LogP contribution in [0.4, 0.5) is 10.5 Å². The van der Waals surface area contributed by atoms with Gasteiger partial charge in [-0.25, -0.2) is 9.59 Å². The van der Waals surface area contributed by atoms with Gasteiger partial charge in [-0.2, -0.15) is 0 Å². The van der Waals surface area contributed by atoms with Gasteiger partial charge in [-0.05, 0) is 61.8 Å². The van der Waals surface area contributed by atoms with E-state index in [1.165, 1.54) is 4.90 Å². The quantitative estimate of drug-likeness (QED) is 0.168. The largest absolute Gasteiger partial charge is 0.479 e. The van der Waals surface area contributed by atoms with Crippen LogP contribution in [0.1, 0.15) is 88.9 Å². The van der Waals surface area contributed by atoms with Crippen molar-refractivity contribution in [2.45, 2.75) is 96.2 Å². The first-order valence-corrected chi connectivity index (χ1v) is 15.6. The van der Waals surface area contributed by atoms with Crippen LogP contribution in [0.2, 0.25) is 0 Å². The van der Waals surface area contributed by atoms with E-state index < -0.39 is 41.4 Å². The number of nitrogens with one attached hydrogen (secondary N) is 3. The SMILES string of the molecule is CCCCCCCC1C[C@]1(NC(=O)[C@@H]1CCCN1C(=O)CNC(=O)N[C@H](C(=O)c1ccc(N(C)C)cc1)C(C)C)C(=O)O. The molecule has 1 saturated heterocycles. The van der Waals surface area contributed by atoms with E-state index in [-0.39, 0.29) is 24.2 Å². The molecule has 43 heavy (non-hydrogen) atoms. The third-order valence-corrected chi connectivity index (χ3v) is 8.67. The van der Waals surface area contributed by atoms with E-state index in [0.717, 1.165) is 44.2 Å². The minimum Gasteiger partial charge on any atom is -0.479 e. The number of unbranched alkanes of at least 4 members (excludes halogenated alkanes) is 4. The molecule has 1 unspecified atom stereocenters. The lowest BCUT2D eigenvalue weighted by molar-refractivity contribution is -0.145. The molecule has 4 N–H and O–H groups in total. The van der Waals surface area contributed by atoms with Gasteiger partial charge in [0.15, 0.2) is 5.78 Å². The summed E-state index contributed by atoms with van der Waals surface area (Å²) in [7, 11) is 3.81. The van der Waals surface area contributed by atoms with Crippen LogP contribution in [0.5, 0.6) is 0 Å². The van der Waals surface area contributed by atoms with Gasteiger partial charge in [0.05, 0.1) is 12.6 Å². The molecule has 238 valence electrons. The summed E-state index contributed by atoms with van der Waals surface area (Å²) < 4.78 is 0. The number of carboxylic acid groups (broad SMARTS) is 1. The molecule has 0 spiro atoms. The van der Waals surface area contributed by atoms with Crippen molar-refractivity contribution < 1.29 is 29.1 Å². The average molecular weight is 600 g/mol. The zero-order chi connectivity index (χ0) is 31.7. The molecule has 1 aromatic rings. The normalized spacial score (nSPS) is 21.7. The molecule has 1 saturated carbocycles. The Bertz CT molecular complexity index is 1150. The lowest BCUT2D eigenvalue weighted by Crippen LogP contribution is -2.55. The highest BCUT2D eigenvalue weighted by Gasteiger charge is 2.61. The zero-order valence-corrected chi connectivity index (χ0v) is 26.3. The summed E-state index contributed by atoms with van der Waals surface area (Å²) in [4.78, 5) is 67.6. The summed E-state index contributed by atoms with van der Waals surface area (Å²) in [6, 6.07) is 4.88. The molecule has 0 aromatic heterocycles. The standard InChI is InChI=1S/C32H49N5O6/c1-6-7-8-9-10-12-23-19-32(23,30(41)42)35-29(40)25-13-11-18-37(25)26(38)20-33-31(43)34-27(21(2)3)28(39)22-14-16-24(17-15-22)36(4)5/h14-17,21,23,25,27H,6-13,18-20H2,1-5H3,(H,35,40)(H,41,42)(H2,33,34,43)/t23?,25-,27-,32+/m0/s1. The third-order valence-electron chi connectivity index (χ3n) is 8.67. The number of carboxylic acids is 1. The minimum absolute atomic E-state index is 0.103. The van der Waals surface area contributed by atoms with Crippen molar-refractivity contribution in [1.29, 1.82) is 0 Å². The van der Waals surface area contributed by atoms with E-state index in [0.29, 0.717) is 31.4 Å². The van der Waals surface area contributed by atoms with Crippen molar-refractivity contribution >= 4 is 35.3 Å². The number of carbonyl (C=O) groups is 5. The number of benzene rings is 1. The molecule has 0 bridgehead atoms. The molecule has 4 atom stereocenters. The van der Waals surface area contributed by atoms with Crippen molar-refractivity contribution in [1.82, 2.24) is 20.9 Å². The van der Waals surface area contributed by atoms with E-state index in [1.54, 1.807) is 12.1 Å². The number of hydrogen-bond donors (Lipinski definition) is 4. The zero-order valence-electron chi connectivity index (χ0n) is 26.3. The lowest BCUT2D eigenvalue weighted by atomic mass is 9.95. The Morgan fingerprint density at radius 3 is 2.33 bits per heavy atom. The van der Waals surface area contributed by atoms with Gasteiger partial charge in [0.25, 0.3) is 0 Å². The maximum Gasteiger partial charge on any atom is 0.329 e. The van der Waals surface area contributed by atoms with Gasteiger partial charge < -0.3 is 30.9 Å². The van der Waals surface area contributed by atoms with Crippen LogP contribution < -0.4 is 20.9 Å². The summed E-state index contributed by atoms with van der Waals surface area (Å²) in [5.41, 5.74) is 0.159. The Labute approximate surface area is 255 Å². The van der Waals surface area contributed by atoms with Crippen LogP contribution in [0.15, 0.2) is 24.3 Å². The van der Waals surface area contributed by atoms with Gasteiger partial charge in [-0.3, -0.25) is 14.4 Å². The highest BCUT2D eigenvalue weighted by Crippen LogP contribution is 2.47. The number of Topliss-reactive ketones (excluding diaryl/α,β-unsaturated/α-hetero) is 1. The van der Waals surface area contributed by atoms with E-state index in [9.17, 15) is 29.1 Å². The van der Waals surface area contributed by atoms with E-state index in [2.05, 4.69) is 22.9 Å². The van der Waals surface area contributed by atoms with Gasteiger partial charge in [0.1, 0.15) is 11.6 Å². The van der Waals surface area contributed by atoms with Crippen LogP contribution in [-0.4, -0.2) is 84.4 Å². The maximum absolute atomic E-state index is 13.2. The Balaban J connectivity index is 1.52. The third kappa shape index (κ3) is 8.70. The Hall–Kier alpha value is -3.63. The first-order valence-electron chi connectivity index (χ1n) is 15.6. The number of ketones is 1. The molecule has 3 rings (SSSR count). The van der Waals surface area contributed by atoms with Crippen LogP contribution >= 0.6 is 0 Å². The van der Waals surface area contributed by atoms with Crippen LogP contribution in [-0.2, 0) is 14.4 Å². The number of nitrogens with zero attached hydrogens (tertiary/aromatic N) is 2. The number of amides is 4. The number of hydrogen-bond acceptors (Lipinski definition) is 6. The van der Waals surface area contributed by atoms with Crippen LogP contribution in [0, 0.1) is 11.8 Å². The predicted molar refractivity (Wildman–Crippen MR) is 165 cm³/mol. The average Bonchev–Trinajstić information content (AvgIpc) is 3.43. The molecule has 1 aromatic carbocycles. The molecule has 2 aliphatic rings. The van der Waals surface area contributed by atoms with Crippen molar-refractivity contribution in [3.63, 3.8) is 0 Å². The molecule has 2 fully saturated rings. The van der Waals surface area contributed by atoms with Crippen molar-refractivity contribution in [2.24, 2.45) is 11.8 Å². The molecule has 0 radical (unpaired) electrons. The van der Waals surface area contributed by atoms with Crippen LogP contribution in [0.25, 0.3) is 0 Å². The monoisotopic (exact) mass is 599 g/mol. The van der Waals surface area contributed by atoms with Crippen LogP contribution in [0.3, 0.4) is 0 Å². The van der Waals surface area contributed by atoms with Gasteiger partial charge >= 0.3 is 12.0 Å². The first kappa shape index (κ1) is 33.9. The second-order valence-electron chi connectivity index (χ2n) is 12.5. The van der Waals surface area contributed by atoms with Gasteiger partial charge in [0, 0.05) is 31.9 Å². The molecule has 11 nitrogen and oxygen atoms in total. The summed E-state index contributed by atoms with van der Waals surface area (Å²) in [6.07, 6.45) is 7.60. The molecule has 1 heterocycles. The second-order valence-corrected chi connectivity index (χ2v) is 12.5. The maximum atomic E-state index is 13.2. The number of likely N-dealkylation sites (tertiary alicyclic amines) is 1. The summed E-state index contributed by atoms with van der Waals surface area (Å²) in [6.45, 7) is 5.80. The fraction of sp³-hybridized carbons (Fsp3) is 0.656. The lowest BCUT2D eigenvalue weighted by Gasteiger charge is -2.26. The fourth-order valence-electron chi connectivity index (χ4n) is 5.87. The number of anilines is 1. The molecule has 1 aliphatic heterocycles. The molecular weight excluding hydrogens is 550 g/mol. The van der Waals surface area contributed by atoms with Crippen molar-refractivity contribution in [3.8, 4) is 0 Å².